The summed E-state index contributed by atoms with van der Waals surface area (Å²) in [5.41, 5.74) is 0.403. The van der Waals surface area contributed by atoms with Gasteiger partial charge >= 0.3 is 5.97 Å². The fraction of sp³-hybridized carbons (Fsp3) is 0.706. The van der Waals surface area contributed by atoms with Gasteiger partial charge in [0.25, 0.3) is 0 Å². The van der Waals surface area contributed by atoms with Crippen molar-refractivity contribution < 1.29 is 14.3 Å². The van der Waals surface area contributed by atoms with Crippen LogP contribution in [0.2, 0.25) is 0 Å². The summed E-state index contributed by atoms with van der Waals surface area (Å²) in [6.07, 6.45) is 3.89. The molecule has 1 atom stereocenters. The molecule has 1 aliphatic heterocycles. The SMILES string of the molecule is CCC[C@]1(C(=O)OCC)CCCN1Cc1csc(CC(=O)NC)n1. The Morgan fingerprint density at radius 1 is 1.46 bits per heavy atom. The summed E-state index contributed by atoms with van der Waals surface area (Å²) in [5, 5.41) is 5.40. The Hall–Kier alpha value is -1.47. The van der Waals surface area contributed by atoms with E-state index >= 15 is 0 Å². The molecule has 1 N–H and O–H groups in total. The molecule has 7 heteroatoms. The lowest BCUT2D eigenvalue weighted by molar-refractivity contribution is -0.157. The van der Waals surface area contributed by atoms with Gasteiger partial charge in [-0.05, 0) is 32.7 Å². The zero-order valence-electron chi connectivity index (χ0n) is 14.8. The van der Waals surface area contributed by atoms with Gasteiger partial charge in [0, 0.05) is 19.0 Å². The van der Waals surface area contributed by atoms with E-state index in [2.05, 4.69) is 22.1 Å². The van der Waals surface area contributed by atoms with Crippen molar-refractivity contribution in [2.75, 3.05) is 20.2 Å². The number of hydrogen-bond acceptors (Lipinski definition) is 6. The van der Waals surface area contributed by atoms with Crippen molar-refractivity contribution >= 4 is 23.2 Å². The van der Waals surface area contributed by atoms with Crippen LogP contribution in [0.15, 0.2) is 5.38 Å². The van der Waals surface area contributed by atoms with E-state index in [0.29, 0.717) is 19.6 Å². The average molecular weight is 353 g/mol. The molecule has 1 amide bonds. The minimum Gasteiger partial charge on any atom is -0.465 e. The van der Waals surface area contributed by atoms with E-state index in [0.717, 1.165) is 42.9 Å². The number of thiazole rings is 1. The number of rotatable bonds is 8. The molecule has 0 bridgehead atoms. The maximum absolute atomic E-state index is 12.6. The first-order valence-electron chi connectivity index (χ1n) is 8.61. The van der Waals surface area contributed by atoms with Crippen LogP contribution in [-0.4, -0.2) is 47.5 Å². The molecule has 1 aliphatic rings. The molecule has 0 aromatic carbocycles. The number of amides is 1. The molecule has 1 fully saturated rings. The monoisotopic (exact) mass is 353 g/mol. The van der Waals surface area contributed by atoms with E-state index in [-0.39, 0.29) is 11.9 Å². The Labute approximate surface area is 147 Å². The topological polar surface area (TPSA) is 71.5 Å². The third-order valence-electron chi connectivity index (χ3n) is 4.49. The maximum atomic E-state index is 12.6. The van der Waals surface area contributed by atoms with Crippen LogP contribution >= 0.6 is 11.3 Å². The Morgan fingerprint density at radius 3 is 2.92 bits per heavy atom. The molecule has 0 aliphatic carbocycles. The summed E-state index contributed by atoms with van der Waals surface area (Å²) in [4.78, 5) is 30.9. The number of likely N-dealkylation sites (N-methyl/N-ethyl adjacent to an activating group) is 1. The number of nitrogens with zero attached hydrogens (tertiary/aromatic N) is 2. The van der Waals surface area contributed by atoms with Gasteiger partial charge in [0.15, 0.2) is 0 Å². The van der Waals surface area contributed by atoms with Gasteiger partial charge in [-0.1, -0.05) is 13.3 Å². The first-order valence-corrected chi connectivity index (χ1v) is 9.49. The van der Waals surface area contributed by atoms with E-state index in [9.17, 15) is 9.59 Å². The molecule has 2 rings (SSSR count). The maximum Gasteiger partial charge on any atom is 0.326 e. The summed E-state index contributed by atoms with van der Waals surface area (Å²) in [5.74, 6) is -0.144. The molecule has 1 aromatic heterocycles. The number of esters is 1. The van der Waals surface area contributed by atoms with Crippen LogP contribution in [0, 0.1) is 0 Å². The molecule has 0 saturated carbocycles. The molecular weight excluding hydrogens is 326 g/mol. The largest absolute Gasteiger partial charge is 0.465 e. The van der Waals surface area contributed by atoms with Gasteiger partial charge in [-0.15, -0.1) is 11.3 Å². The van der Waals surface area contributed by atoms with E-state index in [1.165, 1.54) is 11.3 Å². The molecule has 1 saturated heterocycles. The van der Waals surface area contributed by atoms with Gasteiger partial charge in [-0.2, -0.15) is 0 Å². The Kier molecular flexibility index (Phi) is 6.74. The van der Waals surface area contributed by atoms with Gasteiger partial charge in [0.1, 0.15) is 10.5 Å². The summed E-state index contributed by atoms with van der Waals surface area (Å²) >= 11 is 1.49. The minimum atomic E-state index is -0.519. The third-order valence-corrected chi connectivity index (χ3v) is 5.38. The lowest BCUT2D eigenvalue weighted by atomic mass is 9.90. The van der Waals surface area contributed by atoms with E-state index < -0.39 is 5.54 Å². The average Bonchev–Trinajstić information content (AvgIpc) is 3.16. The Bertz CT molecular complexity index is 575. The van der Waals surface area contributed by atoms with Gasteiger partial charge in [0.05, 0.1) is 18.7 Å². The number of ether oxygens (including phenoxy) is 1. The number of nitrogens with one attached hydrogen (secondary N) is 1. The van der Waals surface area contributed by atoms with Crippen molar-refractivity contribution in [2.24, 2.45) is 0 Å². The standard InChI is InChI=1S/C17H27N3O3S/c1-4-7-17(16(22)23-5-2)8-6-9-20(17)11-13-12-24-15(19-13)10-14(21)18-3/h12H,4-11H2,1-3H3,(H,18,21)/t17-/m1/s1. The van der Waals surface area contributed by atoms with Crippen LogP contribution in [0.5, 0.6) is 0 Å². The highest BCUT2D eigenvalue weighted by molar-refractivity contribution is 7.09. The fourth-order valence-electron chi connectivity index (χ4n) is 3.38. The van der Waals surface area contributed by atoms with Crippen LogP contribution in [0.25, 0.3) is 0 Å². The third kappa shape index (κ3) is 4.13. The molecule has 0 spiro atoms. The fourth-order valence-corrected chi connectivity index (χ4v) is 4.17. The Balaban J connectivity index is 2.11. The summed E-state index contributed by atoms with van der Waals surface area (Å²) in [6.45, 7) is 5.86. The minimum absolute atomic E-state index is 0.0380. The van der Waals surface area contributed by atoms with Crippen molar-refractivity contribution in [3.8, 4) is 0 Å². The quantitative estimate of drug-likeness (QED) is 0.725. The molecule has 0 radical (unpaired) electrons. The van der Waals surface area contributed by atoms with Crippen LogP contribution in [0.3, 0.4) is 0 Å². The van der Waals surface area contributed by atoms with Crippen LogP contribution in [0.1, 0.15) is 50.2 Å². The summed E-state index contributed by atoms with van der Waals surface area (Å²) in [6, 6.07) is 0. The number of likely N-dealkylation sites (tertiary alicyclic amines) is 1. The number of aromatic nitrogens is 1. The van der Waals surface area contributed by atoms with Crippen molar-refractivity contribution in [3.63, 3.8) is 0 Å². The highest BCUT2D eigenvalue weighted by Gasteiger charge is 2.47. The molecule has 2 heterocycles. The number of hydrogen-bond donors (Lipinski definition) is 1. The smallest absolute Gasteiger partial charge is 0.326 e. The van der Waals surface area contributed by atoms with Crippen molar-refractivity contribution in [3.05, 3.63) is 16.1 Å². The highest BCUT2D eigenvalue weighted by atomic mass is 32.1. The summed E-state index contributed by atoms with van der Waals surface area (Å²) in [7, 11) is 1.62. The zero-order valence-corrected chi connectivity index (χ0v) is 15.6. The second-order valence-electron chi connectivity index (χ2n) is 6.11. The molecule has 24 heavy (non-hydrogen) atoms. The second kappa shape index (κ2) is 8.58. The summed E-state index contributed by atoms with van der Waals surface area (Å²) < 4.78 is 5.37. The molecule has 6 nitrogen and oxygen atoms in total. The molecule has 0 unspecified atom stereocenters. The van der Waals surface area contributed by atoms with Gasteiger partial charge in [-0.3, -0.25) is 14.5 Å². The number of carbonyl (C=O) groups is 2. The van der Waals surface area contributed by atoms with Crippen LogP contribution < -0.4 is 5.32 Å². The van der Waals surface area contributed by atoms with E-state index in [1.807, 2.05) is 12.3 Å². The lowest BCUT2D eigenvalue weighted by Crippen LogP contribution is -2.51. The van der Waals surface area contributed by atoms with Gasteiger partial charge < -0.3 is 10.1 Å². The van der Waals surface area contributed by atoms with Crippen LogP contribution in [0.4, 0.5) is 0 Å². The second-order valence-corrected chi connectivity index (χ2v) is 7.05. The van der Waals surface area contributed by atoms with Crippen LogP contribution in [-0.2, 0) is 27.3 Å². The van der Waals surface area contributed by atoms with E-state index in [1.54, 1.807) is 7.05 Å². The molecule has 134 valence electrons. The predicted octanol–water partition coefficient (Wildman–Crippen LogP) is 2.13. The van der Waals surface area contributed by atoms with Crippen molar-refractivity contribution in [1.29, 1.82) is 0 Å². The van der Waals surface area contributed by atoms with Gasteiger partial charge in [0.2, 0.25) is 5.91 Å². The zero-order chi connectivity index (χ0) is 17.6. The normalized spacial score (nSPS) is 21.0. The first-order chi connectivity index (χ1) is 11.6. The van der Waals surface area contributed by atoms with Gasteiger partial charge in [-0.25, -0.2) is 4.98 Å². The first kappa shape index (κ1) is 18.9. The van der Waals surface area contributed by atoms with E-state index in [4.69, 9.17) is 4.74 Å². The van der Waals surface area contributed by atoms with Crippen molar-refractivity contribution in [2.45, 2.75) is 58.0 Å². The Morgan fingerprint density at radius 2 is 2.25 bits per heavy atom. The van der Waals surface area contributed by atoms with Crippen molar-refractivity contribution in [1.82, 2.24) is 15.2 Å². The lowest BCUT2D eigenvalue weighted by Gasteiger charge is -2.35. The highest BCUT2D eigenvalue weighted by Crippen LogP contribution is 2.36. The number of carbonyl (C=O) groups excluding carboxylic acids is 2. The predicted molar refractivity (Wildman–Crippen MR) is 93.8 cm³/mol. The molecular formula is C17H27N3O3S. The molecule has 1 aromatic rings.